The van der Waals surface area contributed by atoms with E-state index in [1.165, 1.54) is 7.11 Å². The fraction of sp³-hybridized carbons (Fsp3) is 0.375. The summed E-state index contributed by atoms with van der Waals surface area (Å²) in [6, 6.07) is 1.12. The maximum atomic E-state index is 11.3. The standard InChI is InChI=1S/C8H12N2O5S/c1-14-2-3-15-8(11)7-4-6(5-10-7)16(9,12)13/h4-5,10H,2-3H2,1H3,(H2,9,12,13). The molecule has 0 aromatic carbocycles. The molecule has 1 rings (SSSR count). The Bertz CT molecular complexity index is 465. The van der Waals surface area contributed by atoms with Gasteiger partial charge in [-0.05, 0) is 6.07 Å². The van der Waals surface area contributed by atoms with E-state index in [0.717, 1.165) is 12.3 Å². The first kappa shape index (κ1) is 12.7. The van der Waals surface area contributed by atoms with Crippen LogP contribution in [-0.4, -0.2) is 39.7 Å². The summed E-state index contributed by atoms with van der Waals surface area (Å²) in [5, 5.41) is 4.87. The number of rotatable bonds is 5. The molecule has 0 amide bonds. The van der Waals surface area contributed by atoms with Crippen molar-refractivity contribution in [3.63, 3.8) is 0 Å². The van der Waals surface area contributed by atoms with Gasteiger partial charge in [0.2, 0.25) is 10.0 Å². The van der Waals surface area contributed by atoms with Crippen molar-refractivity contribution in [2.24, 2.45) is 5.14 Å². The van der Waals surface area contributed by atoms with E-state index in [2.05, 4.69) is 9.72 Å². The molecule has 16 heavy (non-hydrogen) atoms. The second kappa shape index (κ2) is 5.10. The van der Waals surface area contributed by atoms with Crippen molar-refractivity contribution >= 4 is 16.0 Å². The number of sulfonamides is 1. The Hall–Kier alpha value is -1.38. The molecule has 7 nitrogen and oxygen atoms in total. The van der Waals surface area contributed by atoms with E-state index in [0.29, 0.717) is 0 Å². The number of aromatic nitrogens is 1. The van der Waals surface area contributed by atoms with Crippen molar-refractivity contribution in [2.75, 3.05) is 20.3 Å². The minimum Gasteiger partial charge on any atom is -0.459 e. The highest BCUT2D eigenvalue weighted by Crippen LogP contribution is 2.09. The zero-order valence-corrected chi connectivity index (χ0v) is 9.41. The van der Waals surface area contributed by atoms with Crippen LogP contribution in [0.5, 0.6) is 0 Å². The number of methoxy groups -OCH3 is 1. The summed E-state index contributed by atoms with van der Waals surface area (Å²) in [6.07, 6.45) is 1.13. The third-order valence-electron chi connectivity index (χ3n) is 1.73. The van der Waals surface area contributed by atoms with Crippen LogP contribution < -0.4 is 5.14 Å². The molecule has 90 valence electrons. The van der Waals surface area contributed by atoms with Gasteiger partial charge in [0.1, 0.15) is 17.2 Å². The van der Waals surface area contributed by atoms with Crippen LogP contribution in [-0.2, 0) is 19.5 Å². The maximum absolute atomic E-state index is 11.3. The lowest BCUT2D eigenvalue weighted by Crippen LogP contribution is -2.11. The molecular formula is C8H12N2O5S. The first-order valence-electron chi connectivity index (χ1n) is 4.32. The molecule has 0 aliphatic carbocycles. The number of esters is 1. The highest BCUT2D eigenvalue weighted by molar-refractivity contribution is 7.89. The fourth-order valence-electron chi connectivity index (χ4n) is 0.952. The summed E-state index contributed by atoms with van der Waals surface area (Å²) < 4.78 is 31.3. The Balaban J connectivity index is 2.68. The van der Waals surface area contributed by atoms with E-state index >= 15 is 0 Å². The lowest BCUT2D eigenvalue weighted by molar-refractivity contribution is 0.0382. The van der Waals surface area contributed by atoms with Crippen LogP contribution in [0.25, 0.3) is 0 Å². The van der Waals surface area contributed by atoms with Crippen molar-refractivity contribution in [1.29, 1.82) is 0 Å². The van der Waals surface area contributed by atoms with E-state index in [-0.39, 0.29) is 23.8 Å². The highest BCUT2D eigenvalue weighted by atomic mass is 32.2. The van der Waals surface area contributed by atoms with Gasteiger partial charge in [0.25, 0.3) is 0 Å². The number of carbonyl (C=O) groups is 1. The summed E-state index contributed by atoms with van der Waals surface area (Å²) in [5.41, 5.74) is 0.0279. The number of primary sulfonamides is 1. The Morgan fingerprint density at radius 3 is 2.69 bits per heavy atom. The molecular weight excluding hydrogens is 236 g/mol. The van der Waals surface area contributed by atoms with Gasteiger partial charge in [-0.2, -0.15) is 0 Å². The van der Waals surface area contributed by atoms with Gasteiger partial charge in [-0.3, -0.25) is 0 Å². The average molecular weight is 248 g/mol. The summed E-state index contributed by atoms with van der Waals surface area (Å²) in [5.74, 6) is -0.660. The molecule has 0 saturated heterocycles. The van der Waals surface area contributed by atoms with Crippen LogP contribution in [0.15, 0.2) is 17.2 Å². The van der Waals surface area contributed by atoms with E-state index in [1.807, 2.05) is 0 Å². The molecule has 1 heterocycles. The van der Waals surface area contributed by atoms with Crippen molar-refractivity contribution in [2.45, 2.75) is 4.90 Å². The molecule has 0 atom stereocenters. The Kier molecular flexibility index (Phi) is 4.05. The molecule has 0 spiro atoms. The number of H-pyrrole nitrogens is 1. The summed E-state index contributed by atoms with van der Waals surface area (Å²) >= 11 is 0. The van der Waals surface area contributed by atoms with Crippen LogP contribution in [0, 0.1) is 0 Å². The number of aromatic amines is 1. The SMILES string of the molecule is COCCOC(=O)c1cc(S(N)(=O)=O)c[nH]1. The monoisotopic (exact) mass is 248 g/mol. The van der Waals surface area contributed by atoms with Crippen molar-refractivity contribution in [1.82, 2.24) is 4.98 Å². The highest BCUT2D eigenvalue weighted by Gasteiger charge is 2.15. The molecule has 1 aromatic heterocycles. The van der Waals surface area contributed by atoms with Gasteiger partial charge >= 0.3 is 5.97 Å². The summed E-state index contributed by atoms with van der Waals surface area (Å²) in [6.45, 7) is 0.369. The van der Waals surface area contributed by atoms with Crippen LogP contribution in [0.1, 0.15) is 10.5 Å². The van der Waals surface area contributed by atoms with Gasteiger partial charge in [0.15, 0.2) is 0 Å². The number of carbonyl (C=O) groups excluding carboxylic acids is 1. The van der Waals surface area contributed by atoms with E-state index in [4.69, 9.17) is 9.88 Å². The molecule has 0 aliphatic heterocycles. The molecule has 0 unspecified atom stereocenters. The molecule has 0 aliphatic rings. The molecule has 0 saturated carbocycles. The quantitative estimate of drug-likeness (QED) is 0.537. The second-order valence-electron chi connectivity index (χ2n) is 2.92. The van der Waals surface area contributed by atoms with E-state index < -0.39 is 16.0 Å². The average Bonchev–Trinajstić information content (AvgIpc) is 2.66. The number of hydrogen-bond donors (Lipinski definition) is 2. The first-order chi connectivity index (χ1) is 7.45. The Morgan fingerprint density at radius 2 is 2.19 bits per heavy atom. The number of hydrogen-bond acceptors (Lipinski definition) is 5. The molecule has 0 fully saturated rings. The molecule has 0 radical (unpaired) electrons. The largest absolute Gasteiger partial charge is 0.459 e. The molecule has 0 bridgehead atoms. The van der Waals surface area contributed by atoms with Gasteiger partial charge in [-0.1, -0.05) is 0 Å². The van der Waals surface area contributed by atoms with Crippen LogP contribution >= 0.6 is 0 Å². The normalized spacial score (nSPS) is 11.4. The zero-order valence-electron chi connectivity index (χ0n) is 8.60. The predicted molar refractivity (Wildman–Crippen MR) is 54.3 cm³/mol. The second-order valence-corrected chi connectivity index (χ2v) is 4.48. The Labute approximate surface area is 92.6 Å². The number of ether oxygens (including phenoxy) is 2. The summed E-state index contributed by atoms with van der Waals surface area (Å²) in [4.78, 5) is 13.6. The smallest absolute Gasteiger partial charge is 0.354 e. The topological polar surface area (TPSA) is 111 Å². The van der Waals surface area contributed by atoms with Crippen LogP contribution in [0.2, 0.25) is 0 Å². The zero-order chi connectivity index (χ0) is 12.2. The summed E-state index contributed by atoms with van der Waals surface area (Å²) in [7, 11) is -2.33. The fourth-order valence-corrected chi connectivity index (χ4v) is 1.46. The van der Waals surface area contributed by atoms with E-state index in [9.17, 15) is 13.2 Å². The van der Waals surface area contributed by atoms with E-state index in [1.54, 1.807) is 0 Å². The maximum Gasteiger partial charge on any atom is 0.354 e. The first-order valence-corrected chi connectivity index (χ1v) is 5.87. The molecule has 1 aromatic rings. The molecule has 3 N–H and O–H groups in total. The lowest BCUT2D eigenvalue weighted by atomic mass is 10.4. The predicted octanol–water partition coefficient (Wildman–Crippen LogP) is -0.535. The van der Waals surface area contributed by atoms with Crippen LogP contribution in [0.3, 0.4) is 0 Å². The molecule has 8 heteroatoms. The number of nitrogens with one attached hydrogen (secondary N) is 1. The lowest BCUT2D eigenvalue weighted by Gasteiger charge is -2.01. The van der Waals surface area contributed by atoms with Crippen LogP contribution in [0.4, 0.5) is 0 Å². The van der Waals surface area contributed by atoms with Gasteiger partial charge in [0.05, 0.1) is 6.61 Å². The Morgan fingerprint density at radius 1 is 1.50 bits per heavy atom. The van der Waals surface area contributed by atoms with Gasteiger partial charge < -0.3 is 14.5 Å². The van der Waals surface area contributed by atoms with Gasteiger partial charge in [0, 0.05) is 13.3 Å². The van der Waals surface area contributed by atoms with Gasteiger partial charge in [-0.25, -0.2) is 18.4 Å². The van der Waals surface area contributed by atoms with Crippen molar-refractivity contribution < 1.29 is 22.7 Å². The minimum atomic E-state index is -3.80. The minimum absolute atomic E-state index is 0.0279. The van der Waals surface area contributed by atoms with Gasteiger partial charge in [-0.15, -0.1) is 0 Å². The third kappa shape index (κ3) is 3.33. The number of nitrogens with two attached hydrogens (primary N) is 1. The van der Waals surface area contributed by atoms with Crippen molar-refractivity contribution in [3.05, 3.63) is 18.0 Å². The van der Waals surface area contributed by atoms with Crippen molar-refractivity contribution in [3.8, 4) is 0 Å². The third-order valence-corrected chi connectivity index (χ3v) is 2.62.